The lowest BCUT2D eigenvalue weighted by atomic mass is 9.78. The lowest BCUT2D eigenvalue weighted by Crippen LogP contribution is -2.45. The van der Waals surface area contributed by atoms with Crippen LogP contribution in [-0.2, 0) is 9.59 Å². The van der Waals surface area contributed by atoms with Crippen LogP contribution in [-0.4, -0.2) is 30.5 Å². The summed E-state index contributed by atoms with van der Waals surface area (Å²) in [6, 6.07) is 7.81. The van der Waals surface area contributed by atoms with Crippen LogP contribution in [0.4, 0.5) is 5.69 Å². The van der Waals surface area contributed by atoms with Crippen molar-refractivity contribution in [3.05, 3.63) is 24.3 Å². The van der Waals surface area contributed by atoms with Gasteiger partial charge in [0.15, 0.2) is 0 Å². The third kappa shape index (κ3) is 4.19. The molecule has 1 N–H and O–H groups in total. The maximum absolute atomic E-state index is 12.7. The molecule has 0 spiro atoms. The predicted molar refractivity (Wildman–Crippen MR) is 102 cm³/mol. The molecule has 2 aliphatic rings. The zero-order chi connectivity index (χ0) is 18.7. The summed E-state index contributed by atoms with van der Waals surface area (Å²) < 4.78 is 5.79. The van der Waals surface area contributed by atoms with Crippen molar-refractivity contribution in [1.29, 1.82) is 0 Å². The van der Waals surface area contributed by atoms with Crippen LogP contribution in [0.2, 0.25) is 0 Å². The molecular formula is C21H30N2O3. The van der Waals surface area contributed by atoms with Gasteiger partial charge in [0, 0.05) is 18.9 Å². The summed E-state index contributed by atoms with van der Waals surface area (Å²) in [6.45, 7) is 6.94. The number of ether oxygens (including phenoxy) is 1. The Morgan fingerprint density at radius 1 is 1.15 bits per heavy atom. The van der Waals surface area contributed by atoms with Gasteiger partial charge in [0.1, 0.15) is 11.9 Å². The molecule has 3 rings (SSSR count). The first-order valence-corrected chi connectivity index (χ1v) is 9.81. The molecule has 0 aromatic heterocycles. The second-order valence-corrected chi connectivity index (χ2v) is 7.84. The molecule has 1 aliphatic heterocycles. The Morgan fingerprint density at radius 2 is 1.92 bits per heavy atom. The number of carbonyl (C=O) groups excluding carboxylic acids is 2. The minimum Gasteiger partial charge on any atom is -0.487 e. The maximum Gasteiger partial charge on any atom is 0.227 e. The number of para-hydroxylation sites is 2. The molecule has 1 fully saturated rings. The second-order valence-electron chi connectivity index (χ2n) is 7.84. The summed E-state index contributed by atoms with van der Waals surface area (Å²) in [4.78, 5) is 26.8. The molecule has 1 aromatic carbocycles. The van der Waals surface area contributed by atoms with Crippen LogP contribution in [0.3, 0.4) is 0 Å². The van der Waals surface area contributed by atoms with E-state index in [0.29, 0.717) is 18.4 Å². The summed E-state index contributed by atoms with van der Waals surface area (Å²) >= 11 is 0. The summed E-state index contributed by atoms with van der Waals surface area (Å²) in [5.74, 6) is 1.83. The zero-order valence-electron chi connectivity index (χ0n) is 16.0. The van der Waals surface area contributed by atoms with Gasteiger partial charge in [-0.3, -0.25) is 9.59 Å². The number of fused-ring (bicyclic) bond motifs is 1. The van der Waals surface area contributed by atoms with Crippen LogP contribution in [0.25, 0.3) is 0 Å². The molecular weight excluding hydrogens is 328 g/mol. The van der Waals surface area contributed by atoms with E-state index in [4.69, 9.17) is 4.74 Å². The Bertz CT molecular complexity index is 660. The van der Waals surface area contributed by atoms with Crippen molar-refractivity contribution in [2.75, 3.05) is 11.4 Å². The van der Waals surface area contributed by atoms with Gasteiger partial charge in [-0.1, -0.05) is 38.8 Å². The van der Waals surface area contributed by atoms with E-state index < -0.39 is 0 Å². The average Bonchev–Trinajstić information content (AvgIpc) is 2.62. The number of carbonyl (C=O) groups is 2. The fourth-order valence-electron chi connectivity index (χ4n) is 4.05. The van der Waals surface area contributed by atoms with Crippen molar-refractivity contribution in [3.8, 4) is 5.75 Å². The van der Waals surface area contributed by atoms with Crippen LogP contribution >= 0.6 is 0 Å². The first kappa shape index (κ1) is 18.7. The number of nitrogens with zero attached hydrogens (tertiary/aromatic N) is 1. The Hall–Kier alpha value is -2.04. The number of rotatable bonds is 4. The van der Waals surface area contributed by atoms with Gasteiger partial charge in [-0.05, 0) is 37.3 Å². The lowest BCUT2D eigenvalue weighted by molar-refractivity contribution is -0.126. The van der Waals surface area contributed by atoms with Crippen molar-refractivity contribution in [3.63, 3.8) is 0 Å². The van der Waals surface area contributed by atoms with E-state index in [1.807, 2.05) is 31.2 Å². The van der Waals surface area contributed by atoms with E-state index in [1.165, 1.54) is 6.42 Å². The normalized spacial score (nSPS) is 28.0. The van der Waals surface area contributed by atoms with Gasteiger partial charge in [-0.25, -0.2) is 0 Å². The SMILES string of the molecule is CC1CN(C(=O)CCC(=O)NC2CCCC(C)C2C)c2ccccc2O1. The van der Waals surface area contributed by atoms with Crippen molar-refractivity contribution >= 4 is 17.5 Å². The second kappa shape index (κ2) is 8.11. The molecule has 5 heteroatoms. The number of amides is 2. The van der Waals surface area contributed by atoms with E-state index in [1.54, 1.807) is 4.90 Å². The Labute approximate surface area is 156 Å². The zero-order valence-corrected chi connectivity index (χ0v) is 16.0. The number of hydrogen-bond acceptors (Lipinski definition) is 3. The van der Waals surface area contributed by atoms with E-state index in [0.717, 1.165) is 24.3 Å². The highest BCUT2D eigenvalue weighted by Gasteiger charge is 2.30. The number of benzene rings is 1. The maximum atomic E-state index is 12.7. The van der Waals surface area contributed by atoms with Crippen LogP contribution < -0.4 is 15.0 Å². The largest absolute Gasteiger partial charge is 0.487 e. The third-order valence-corrected chi connectivity index (χ3v) is 5.84. The molecule has 1 aromatic rings. The highest BCUT2D eigenvalue weighted by Crippen LogP contribution is 2.33. The van der Waals surface area contributed by atoms with Crippen molar-refractivity contribution in [1.82, 2.24) is 5.32 Å². The first-order valence-electron chi connectivity index (χ1n) is 9.81. The van der Waals surface area contributed by atoms with Crippen LogP contribution in [0.5, 0.6) is 5.75 Å². The summed E-state index contributed by atoms with van der Waals surface area (Å²) in [6.07, 6.45) is 3.86. The number of anilines is 1. The molecule has 0 bridgehead atoms. The third-order valence-electron chi connectivity index (χ3n) is 5.84. The fraction of sp³-hybridized carbons (Fsp3) is 0.619. The summed E-state index contributed by atoms with van der Waals surface area (Å²) in [5.41, 5.74) is 0.797. The Morgan fingerprint density at radius 3 is 2.73 bits per heavy atom. The molecule has 0 saturated heterocycles. The van der Waals surface area contributed by atoms with E-state index >= 15 is 0 Å². The lowest BCUT2D eigenvalue weighted by Gasteiger charge is -2.35. The fourth-order valence-corrected chi connectivity index (χ4v) is 4.05. The molecule has 1 aliphatic carbocycles. The molecule has 4 atom stereocenters. The standard InChI is InChI=1S/C21H30N2O3/c1-14-7-6-8-17(16(14)3)22-20(24)11-12-21(25)23-13-15(2)26-19-10-5-4-9-18(19)23/h4-5,9-10,14-17H,6-8,11-13H2,1-3H3,(H,22,24). The molecule has 1 saturated carbocycles. The van der Waals surface area contributed by atoms with Crippen molar-refractivity contribution in [2.24, 2.45) is 11.8 Å². The molecule has 26 heavy (non-hydrogen) atoms. The minimum absolute atomic E-state index is 0.0149. The molecule has 5 nitrogen and oxygen atoms in total. The predicted octanol–water partition coefficient (Wildman–Crippen LogP) is 3.52. The highest BCUT2D eigenvalue weighted by molar-refractivity contribution is 5.97. The van der Waals surface area contributed by atoms with Gasteiger partial charge in [0.2, 0.25) is 11.8 Å². The summed E-state index contributed by atoms with van der Waals surface area (Å²) in [5, 5.41) is 3.15. The van der Waals surface area contributed by atoms with Crippen molar-refractivity contribution < 1.29 is 14.3 Å². The molecule has 0 radical (unpaired) electrons. The highest BCUT2D eigenvalue weighted by atomic mass is 16.5. The minimum atomic E-state index is -0.0488. The van der Waals surface area contributed by atoms with Crippen LogP contribution in [0, 0.1) is 11.8 Å². The van der Waals surface area contributed by atoms with Gasteiger partial charge < -0.3 is 15.0 Å². The van der Waals surface area contributed by atoms with Gasteiger partial charge in [-0.2, -0.15) is 0 Å². The Balaban J connectivity index is 1.55. The molecule has 4 unspecified atom stereocenters. The first-order chi connectivity index (χ1) is 12.5. The van der Waals surface area contributed by atoms with Crippen LogP contribution in [0.1, 0.15) is 52.9 Å². The monoisotopic (exact) mass is 358 g/mol. The van der Waals surface area contributed by atoms with Gasteiger partial charge in [-0.15, -0.1) is 0 Å². The smallest absolute Gasteiger partial charge is 0.227 e. The van der Waals surface area contributed by atoms with Crippen LogP contribution in [0.15, 0.2) is 24.3 Å². The number of hydrogen-bond donors (Lipinski definition) is 1. The number of nitrogens with one attached hydrogen (secondary N) is 1. The quantitative estimate of drug-likeness (QED) is 0.896. The summed E-state index contributed by atoms with van der Waals surface area (Å²) in [7, 11) is 0. The Kier molecular flexibility index (Phi) is 5.84. The van der Waals surface area contributed by atoms with E-state index in [-0.39, 0.29) is 36.8 Å². The van der Waals surface area contributed by atoms with Crippen molar-refractivity contribution in [2.45, 2.75) is 65.0 Å². The van der Waals surface area contributed by atoms with Gasteiger partial charge in [0.25, 0.3) is 0 Å². The molecule has 2 amide bonds. The van der Waals surface area contributed by atoms with Gasteiger partial charge in [0.05, 0.1) is 12.2 Å². The topological polar surface area (TPSA) is 58.6 Å². The molecule has 142 valence electrons. The van der Waals surface area contributed by atoms with Gasteiger partial charge >= 0.3 is 0 Å². The average molecular weight is 358 g/mol. The molecule has 1 heterocycles. The van der Waals surface area contributed by atoms with E-state index in [2.05, 4.69) is 19.2 Å². The van der Waals surface area contributed by atoms with E-state index in [9.17, 15) is 9.59 Å².